The van der Waals surface area contributed by atoms with Gasteiger partial charge in [-0.05, 0) is 6.07 Å². The summed E-state index contributed by atoms with van der Waals surface area (Å²) < 4.78 is 41.2. The number of nitrogens with two attached hydrogens (primary N) is 2. The van der Waals surface area contributed by atoms with Gasteiger partial charge in [0.15, 0.2) is 40.8 Å². The van der Waals surface area contributed by atoms with Crippen LogP contribution in [0.15, 0.2) is 12.1 Å². The third kappa shape index (κ3) is 2.63. The Morgan fingerprint density at radius 3 is 2.41 bits per heavy atom. The first-order chi connectivity index (χ1) is 12.6. The van der Waals surface area contributed by atoms with Gasteiger partial charge < -0.3 is 16.6 Å². The van der Waals surface area contributed by atoms with E-state index in [2.05, 4.69) is 4.98 Å². The molecule has 1 aromatic carbocycles. The van der Waals surface area contributed by atoms with Gasteiger partial charge in [-0.25, -0.2) is 18.2 Å². The van der Waals surface area contributed by atoms with Crippen LogP contribution in [0.2, 0.25) is 5.02 Å². The minimum Gasteiger partial charge on any atom is -0.480 e. The van der Waals surface area contributed by atoms with E-state index >= 15 is 0 Å². The quantitative estimate of drug-likeness (QED) is 0.516. The van der Waals surface area contributed by atoms with Gasteiger partial charge in [0.2, 0.25) is 0 Å². The fraction of sp³-hybridized carbons (Fsp3) is 0.0667. The number of nitrogen functional groups attached to an aromatic ring is 2. The highest BCUT2D eigenvalue weighted by Crippen LogP contribution is 2.44. The monoisotopic (exact) mass is 400 g/mol. The van der Waals surface area contributed by atoms with Crippen molar-refractivity contribution < 1.29 is 32.7 Å². The van der Waals surface area contributed by atoms with Crippen molar-refractivity contribution in [2.75, 3.05) is 16.4 Å². The van der Waals surface area contributed by atoms with Crippen molar-refractivity contribution in [1.82, 2.24) is 4.98 Å². The number of Topliss-reactive ketones (excluding diaryl/α,β-unsaturated/α-hetero) is 1. The van der Waals surface area contributed by atoms with Gasteiger partial charge in [0.25, 0.3) is 5.91 Å². The number of nitrogens with zero attached hydrogens (tertiary/aromatic N) is 2. The third-order valence-electron chi connectivity index (χ3n) is 3.83. The summed E-state index contributed by atoms with van der Waals surface area (Å²) in [4.78, 5) is 40.4. The summed E-state index contributed by atoms with van der Waals surface area (Å²) >= 11 is 5.76. The summed E-state index contributed by atoms with van der Waals surface area (Å²) in [6, 6.07) is 1.09. The highest BCUT2D eigenvalue weighted by molar-refractivity contribution is 6.39. The molecule has 8 nitrogen and oxygen atoms in total. The molecule has 0 aliphatic carbocycles. The van der Waals surface area contributed by atoms with Gasteiger partial charge >= 0.3 is 5.97 Å². The molecule has 1 aliphatic rings. The van der Waals surface area contributed by atoms with E-state index in [1.54, 1.807) is 0 Å². The van der Waals surface area contributed by atoms with Crippen LogP contribution in [0, 0.1) is 23.4 Å². The highest BCUT2D eigenvalue weighted by atomic mass is 35.5. The second-order valence-corrected chi connectivity index (χ2v) is 5.84. The Morgan fingerprint density at radius 2 is 1.81 bits per heavy atom. The van der Waals surface area contributed by atoms with E-state index < -0.39 is 74.6 Å². The van der Waals surface area contributed by atoms with Gasteiger partial charge in [-0.3, -0.25) is 19.3 Å². The van der Waals surface area contributed by atoms with Crippen molar-refractivity contribution in [2.24, 2.45) is 5.92 Å². The Kier molecular flexibility index (Phi) is 4.19. The third-order valence-corrected chi connectivity index (χ3v) is 4.17. The molecule has 1 atom stereocenters. The van der Waals surface area contributed by atoms with Crippen LogP contribution >= 0.6 is 11.6 Å². The lowest BCUT2D eigenvalue weighted by molar-refractivity contribution is -0.143. The van der Waals surface area contributed by atoms with E-state index in [9.17, 15) is 32.7 Å². The summed E-state index contributed by atoms with van der Waals surface area (Å²) in [5, 5.41) is 8.24. The summed E-state index contributed by atoms with van der Waals surface area (Å²) in [6.07, 6.45) is 0. The molecule has 1 amide bonds. The number of anilines is 4. The lowest BCUT2D eigenvalue weighted by atomic mass is 9.89. The molecule has 1 unspecified atom stereocenters. The number of hydrogen-bond acceptors (Lipinski definition) is 6. The van der Waals surface area contributed by atoms with Gasteiger partial charge in [-0.2, -0.15) is 0 Å². The molecule has 0 saturated heterocycles. The standard InChI is InChI=1S/C15H8ClF3N4O4/c16-8-9(19)4(17)1-3-10(8)23(14(25)7(11(3)24)15(26)27)13-6(20)2-5(18)12(21)22-13/h1-2,7H,20H2,(H2,21,22)(H,26,27). The molecular weight excluding hydrogens is 393 g/mol. The van der Waals surface area contributed by atoms with Crippen molar-refractivity contribution in [2.45, 2.75) is 0 Å². The first-order valence-corrected chi connectivity index (χ1v) is 7.44. The lowest BCUT2D eigenvalue weighted by Gasteiger charge is -2.32. The molecular formula is C15H8ClF3N4O4. The smallest absolute Gasteiger partial charge is 0.324 e. The SMILES string of the molecule is Nc1cc(F)c(N)nc1N1C(=O)C(C(=O)O)C(=O)c2cc(F)c(F)c(Cl)c21. The summed E-state index contributed by atoms with van der Waals surface area (Å²) in [6.45, 7) is 0. The van der Waals surface area contributed by atoms with Gasteiger partial charge in [-0.15, -0.1) is 0 Å². The Balaban J connectivity index is 2.41. The molecule has 2 heterocycles. The van der Waals surface area contributed by atoms with Gasteiger partial charge in [-0.1, -0.05) is 11.6 Å². The fourth-order valence-electron chi connectivity index (χ4n) is 2.61. The van der Waals surface area contributed by atoms with E-state index in [0.717, 1.165) is 0 Å². The van der Waals surface area contributed by atoms with Gasteiger partial charge in [0.05, 0.1) is 11.4 Å². The average molecular weight is 401 g/mol. The van der Waals surface area contributed by atoms with Crippen LogP contribution in [0.25, 0.3) is 0 Å². The lowest BCUT2D eigenvalue weighted by Crippen LogP contribution is -2.46. The van der Waals surface area contributed by atoms with E-state index in [4.69, 9.17) is 23.1 Å². The van der Waals surface area contributed by atoms with Crippen molar-refractivity contribution in [1.29, 1.82) is 0 Å². The topological polar surface area (TPSA) is 140 Å². The van der Waals surface area contributed by atoms with E-state index in [0.29, 0.717) is 17.0 Å². The number of aliphatic carboxylic acids is 1. The number of pyridine rings is 1. The number of benzene rings is 1. The second-order valence-electron chi connectivity index (χ2n) is 5.46. The number of hydrogen-bond donors (Lipinski definition) is 3. The number of carbonyl (C=O) groups is 3. The van der Waals surface area contributed by atoms with Crippen molar-refractivity contribution in [3.63, 3.8) is 0 Å². The molecule has 0 fully saturated rings. The maximum absolute atomic E-state index is 14.0. The van der Waals surface area contributed by atoms with Crippen LogP contribution in [0.4, 0.5) is 36.2 Å². The van der Waals surface area contributed by atoms with Crippen LogP contribution in [0.5, 0.6) is 0 Å². The molecule has 140 valence electrons. The van der Waals surface area contributed by atoms with Crippen LogP contribution in [0.1, 0.15) is 10.4 Å². The molecule has 1 aliphatic heterocycles. The number of carbonyl (C=O) groups excluding carboxylic acids is 2. The van der Waals surface area contributed by atoms with Crippen molar-refractivity contribution >= 4 is 52.3 Å². The number of ketones is 1. The molecule has 0 saturated carbocycles. The normalized spacial score (nSPS) is 16.4. The zero-order valence-corrected chi connectivity index (χ0v) is 13.7. The molecule has 0 radical (unpaired) electrons. The van der Waals surface area contributed by atoms with Gasteiger partial charge in [0, 0.05) is 11.6 Å². The molecule has 12 heteroatoms. The van der Waals surface area contributed by atoms with Crippen molar-refractivity contribution in [3.8, 4) is 0 Å². The largest absolute Gasteiger partial charge is 0.480 e. The number of amides is 1. The Bertz CT molecular complexity index is 1050. The Morgan fingerprint density at radius 1 is 1.19 bits per heavy atom. The first-order valence-electron chi connectivity index (χ1n) is 7.06. The molecule has 2 aromatic rings. The molecule has 0 spiro atoms. The zero-order valence-electron chi connectivity index (χ0n) is 13.0. The van der Waals surface area contributed by atoms with Gasteiger partial charge in [0.1, 0.15) is 5.02 Å². The number of aromatic nitrogens is 1. The number of halogens is 4. The van der Waals surface area contributed by atoms with Crippen LogP contribution in [-0.4, -0.2) is 27.8 Å². The number of carboxylic acids is 1. The maximum atomic E-state index is 14.0. The molecule has 0 bridgehead atoms. The van der Waals surface area contributed by atoms with Crippen LogP contribution in [-0.2, 0) is 9.59 Å². The fourth-order valence-corrected chi connectivity index (χ4v) is 2.89. The summed E-state index contributed by atoms with van der Waals surface area (Å²) in [7, 11) is 0. The number of fused-ring (bicyclic) bond motifs is 1. The molecule has 1 aromatic heterocycles. The number of rotatable bonds is 2. The molecule has 5 N–H and O–H groups in total. The van der Waals surface area contributed by atoms with Crippen LogP contribution < -0.4 is 16.4 Å². The molecule has 3 rings (SSSR count). The molecule has 27 heavy (non-hydrogen) atoms. The minimum atomic E-state index is -2.30. The van der Waals surface area contributed by atoms with Crippen LogP contribution in [0.3, 0.4) is 0 Å². The second kappa shape index (κ2) is 6.13. The Labute approximate surface area is 153 Å². The Hall–Kier alpha value is -3.34. The average Bonchev–Trinajstić information content (AvgIpc) is 2.58. The first kappa shape index (κ1) is 18.5. The summed E-state index contributed by atoms with van der Waals surface area (Å²) in [5.41, 5.74) is 9.12. The predicted octanol–water partition coefficient (Wildman–Crippen LogP) is 1.88. The summed E-state index contributed by atoms with van der Waals surface area (Å²) in [5.74, 6) is -12.3. The minimum absolute atomic E-state index is 0.400. The zero-order chi connectivity index (χ0) is 20.2. The van der Waals surface area contributed by atoms with E-state index in [-0.39, 0.29) is 0 Å². The number of carboxylic acid groups (broad SMARTS) is 1. The van der Waals surface area contributed by atoms with E-state index in [1.807, 2.05) is 0 Å². The van der Waals surface area contributed by atoms with Crippen molar-refractivity contribution in [3.05, 3.63) is 40.2 Å². The predicted molar refractivity (Wildman–Crippen MR) is 87.0 cm³/mol. The highest BCUT2D eigenvalue weighted by Gasteiger charge is 2.47. The maximum Gasteiger partial charge on any atom is 0.324 e. The van der Waals surface area contributed by atoms with E-state index in [1.165, 1.54) is 0 Å².